The summed E-state index contributed by atoms with van der Waals surface area (Å²) in [7, 11) is 1.38. The minimum Gasteiger partial charge on any atom is -0.465 e. The number of benzene rings is 1. The van der Waals surface area contributed by atoms with Gasteiger partial charge in [0.1, 0.15) is 11.4 Å². The molecule has 2 aliphatic rings. The van der Waals surface area contributed by atoms with Gasteiger partial charge in [0.2, 0.25) is 11.8 Å². The highest BCUT2D eigenvalue weighted by atomic mass is 19.1. The van der Waals surface area contributed by atoms with Gasteiger partial charge in [-0.1, -0.05) is 18.2 Å². The Morgan fingerprint density at radius 3 is 2.62 bits per heavy atom. The molecule has 2 amide bonds. The molecular weight excluding hydrogens is 315 g/mol. The zero-order chi connectivity index (χ0) is 17.6. The first-order valence-electron chi connectivity index (χ1n) is 7.83. The number of carbonyl (C=O) groups is 3. The molecule has 4 atom stereocenters. The summed E-state index contributed by atoms with van der Waals surface area (Å²) >= 11 is 0. The van der Waals surface area contributed by atoms with E-state index >= 15 is 0 Å². The molecule has 1 N–H and O–H groups in total. The van der Waals surface area contributed by atoms with Crippen molar-refractivity contribution in [1.29, 1.82) is 0 Å². The quantitative estimate of drug-likeness (QED) is 0.660. The fourth-order valence-electron chi connectivity index (χ4n) is 3.75. The number of fused-ring (bicyclic) bond motifs is 1. The van der Waals surface area contributed by atoms with E-state index in [4.69, 9.17) is 4.74 Å². The molecule has 0 spiro atoms. The van der Waals surface area contributed by atoms with Crippen LogP contribution in [0.15, 0.2) is 24.3 Å². The number of carbonyl (C=O) groups excluding carboxylic acids is 3. The summed E-state index contributed by atoms with van der Waals surface area (Å²) in [5.74, 6) is -3.73. The van der Waals surface area contributed by atoms with Crippen LogP contribution in [-0.4, -0.2) is 41.9 Å². The number of nitrogens with zero attached hydrogens (tertiary/aromatic N) is 1. The van der Waals surface area contributed by atoms with Gasteiger partial charge < -0.3 is 4.74 Å². The summed E-state index contributed by atoms with van der Waals surface area (Å²) in [5.41, 5.74) is -1.12. The Balaban J connectivity index is 2.10. The van der Waals surface area contributed by atoms with Gasteiger partial charge in [0.15, 0.2) is 0 Å². The molecule has 2 fully saturated rings. The number of imide groups is 1. The Kier molecular flexibility index (Phi) is 3.91. The third kappa shape index (κ3) is 2.15. The minimum absolute atomic E-state index is 0.149. The maximum Gasteiger partial charge on any atom is 0.326 e. The van der Waals surface area contributed by atoms with Gasteiger partial charge >= 0.3 is 5.97 Å². The second-order valence-electron chi connectivity index (χ2n) is 6.31. The lowest BCUT2D eigenvalue weighted by Gasteiger charge is -2.28. The van der Waals surface area contributed by atoms with E-state index in [-0.39, 0.29) is 12.2 Å². The second-order valence-corrected chi connectivity index (χ2v) is 6.31. The van der Waals surface area contributed by atoms with Crippen LogP contribution >= 0.6 is 0 Å². The average Bonchev–Trinajstić information content (AvgIpc) is 2.98. The Morgan fingerprint density at radius 2 is 2.00 bits per heavy atom. The van der Waals surface area contributed by atoms with E-state index in [9.17, 15) is 18.8 Å². The van der Waals surface area contributed by atoms with Crippen molar-refractivity contribution in [3.8, 4) is 0 Å². The molecule has 2 saturated heterocycles. The lowest BCUT2D eigenvalue weighted by atomic mass is 9.80. The van der Waals surface area contributed by atoms with Crippen molar-refractivity contribution in [3.63, 3.8) is 0 Å². The fourth-order valence-corrected chi connectivity index (χ4v) is 3.75. The standard InChI is InChI=1S/C17H19FN2O4/c1-4-24-16(23)17(2)12-11(14(21)20(3)15(12)22)13(19-17)9-7-5-6-8-10(9)18/h5-8,11-13,19H,4H2,1-3H3/t11-,12+,13-,17+/m0/s1. The molecule has 0 aromatic heterocycles. The highest BCUT2D eigenvalue weighted by molar-refractivity contribution is 6.09. The van der Waals surface area contributed by atoms with Gasteiger partial charge in [-0.2, -0.15) is 0 Å². The first kappa shape index (κ1) is 16.6. The van der Waals surface area contributed by atoms with Crippen LogP contribution in [0.5, 0.6) is 0 Å². The normalized spacial score (nSPS) is 32.2. The monoisotopic (exact) mass is 334 g/mol. The van der Waals surface area contributed by atoms with E-state index in [1.807, 2.05) is 0 Å². The number of esters is 1. The molecule has 0 unspecified atom stereocenters. The summed E-state index contributed by atoms with van der Waals surface area (Å²) < 4.78 is 19.3. The van der Waals surface area contributed by atoms with Crippen molar-refractivity contribution >= 4 is 17.8 Å². The van der Waals surface area contributed by atoms with Crippen molar-refractivity contribution < 1.29 is 23.5 Å². The van der Waals surface area contributed by atoms with Crippen molar-refractivity contribution in [3.05, 3.63) is 35.6 Å². The maximum atomic E-state index is 14.3. The molecule has 0 aliphatic carbocycles. The second kappa shape index (κ2) is 5.66. The summed E-state index contributed by atoms with van der Waals surface area (Å²) in [6.07, 6.45) is 0. The Hall–Kier alpha value is -2.28. The topological polar surface area (TPSA) is 75.7 Å². The van der Waals surface area contributed by atoms with Crippen LogP contribution in [0.1, 0.15) is 25.5 Å². The van der Waals surface area contributed by atoms with Crippen LogP contribution in [0, 0.1) is 17.7 Å². The number of hydrogen-bond acceptors (Lipinski definition) is 5. The van der Waals surface area contributed by atoms with Crippen LogP contribution in [0.2, 0.25) is 0 Å². The SMILES string of the molecule is CCOC(=O)[C@]1(C)N[C@@H](c2ccccc2F)[C@H]2C(=O)N(C)C(=O)[C@@H]21. The maximum absolute atomic E-state index is 14.3. The van der Waals surface area contributed by atoms with Gasteiger partial charge in [-0.05, 0) is 19.9 Å². The lowest BCUT2D eigenvalue weighted by Crippen LogP contribution is -2.53. The molecule has 1 aromatic carbocycles. The van der Waals surface area contributed by atoms with Gasteiger partial charge in [0.05, 0.1) is 18.4 Å². The van der Waals surface area contributed by atoms with Crippen LogP contribution in [0.4, 0.5) is 4.39 Å². The molecule has 0 saturated carbocycles. The summed E-state index contributed by atoms with van der Waals surface area (Å²) in [5, 5.41) is 3.01. The first-order chi connectivity index (χ1) is 11.3. The summed E-state index contributed by atoms with van der Waals surface area (Å²) in [6.45, 7) is 3.35. The molecule has 7 heteroatoms. The average molecular weight is 334 g/mol. The van der Waals surface area contributed by atoms with Gasteiger partial charge in [0.25, 0.3) is 0 Å². The third-order valence-corrected chi connectivity index (χ3v) is 4.95. The van der Waals surface area contributed by atoms with Crippen molar-refractivity contribution in [1.82, 2.24) is 10.2 Å². The molecular formula is C17H19FN2O4. The fraction of sp³-hybridized carbons (Fsp3) is 0.471. The van der Waals surface area contributed by atoms with E-state index in [1.54, 1.807) is 25.1 Å². The van der Waals surface area contributed by atoms with Gasteiger partial charge in [-0.15, -0.1) is 0 Å². The predicted octanol–water partition coefficient (Wildman–Crippen LogP) is 1.02. The molecule has 128 valence electrons. The van der Waals surface area contributed by atoms with Crippen LogP contribution in [0.3, 0.4) is 0 Å². The number of likely N-dealkylation sites (tertiary alicyclic amines) is 1. The number of nitrogens with one attached hydrogen (secondary N) is 1. The zero-order valence-corrected chi connectivity index (χ0v) is 13.7. The summed E-state index contributed by atoms with van der Waals surface area (Å²) in [6, 6.07) is 5.27. The molecule has 3 rings (SSSR count). The van der Waals surface area contributed by atoms with Crippen molar-refractivity contribution in [2.45, 2.75) is 25.4 Å². The molecule has 1 aromatic rings. The van der Waals surface area contributed by atoms with E-state index < -0.39 is 47.0 Å². The molecule has 0 bridgehead atoms. The van der Waals surface area contributed by atoms with E-state index in [1.165, 1.54) is 20.0 Å². The lowest BCUT2D eigenvalue weighted by molar-refractivity contribution is -0.155. The number of halogens is 1. The van der Waals surface area contributed by atoms with Crippen molar-refractivity contribution in [2.24, 2.45) is 11.8 Å². The van der Waals surface area contributed by atoms with Crippen LogP contribution < -0.4 is 5.32 Å². The Morgan fingerprint density at radius 1 is 1.33 bits per heavy atom. The van der Waals surface area contributed by atoms with E-state index in [0.29, 0.717) is 0 Å². The Labute approximate surface area is 139 Å². The van der Waals surface area contributed by atoms with Gasteiger partial charge in [0, 0.05) is 18.7 Å². The molecule has 2 aliphatic heterocycles. The highest BCUT2D eigenvalue weighted by Crippen LogP contribution is 2.48. The minimum atomic E-state index is -1.38. The molecule has 6 nitrogen and oxygen atoms in total. The molecule has 24 heavy (non-hydrogen) atoms. The van der Waals surface area contributed by atoms with Crippen LogP contribution in [-0.2, 0) is 19.1 Å². The number of amides is 2. The van der Waals surface area contributed by atoms with Crippen molar-refractivity contribution in [2.75, 3.05) is 13.7 Å². The Bertz CT molecular complexity index is 722. The van der Waals surface area contributed by atoms with E-state index in [2.05, 4.69) is 5.32 Å². The highest BCUT2D eigenvalue weighted by Gasteiger charge is 2.66. The molecule has 2 heterocycles. The van der Waals surface area contributed by atoms with Gasteiger partial charge in [-0.3, -0.25) is 24.6 Å². The number of ether oxygens (including phenoxy) is 1. The zero-order valence-electron chi connectivity index (χ0n) is 13.7. The van der Waals surface area contributed by atoms with E-state index in [0.717, 1.165) is 4.90 Å². The van der Waals surface area contributed by atoms with Gasteiger partial charge in [-0.25, -0.2) is 4.39 Å². The predicted molar refractivity (Wildman–Crippen MR) is 82.1 cm³/mol. The third-order valence-electron chi connectivity index (χ3n) is 4.95. The number of rotatable bonds is 3. The molecule has 0 radical (unpaired) electrons. The number of hydrogen-bond donors (Lipinski definition) is 1. The first-order valence-corrected chi connectivity index (χ1v) is 7.83. The van der Waals surface area contributed by atoms with Crippen LogP contribution in [0.25, 0.3) is 0 Å². The smallest absolute Gasteiger partial charge is 0.326 e. The summed E-state index contributed by atoms with van der Waals surface area (Å²) in [4.78, 5) is 38.6. The largest absolute Gasteiger partial charge is 0.465 e.